The number of hydrogen-bond acceptors (Lipinski definition) is 3. The van der Waals surface area contributed by atoms with Gasteiger partial charge in [-0.1, -0.05) is 18.2 Å². The van der Waals surface area contributed by atoms with Crippen LogP contribution < -0.4 is 5.32 Å². The smallest absolute Gasteiger partial charge is 0.274 e. The van der Waals surface area contributed by atoms with Crippen molar-refractivity contribution < 1.29 is 4.79 Å². The number of para-hydroxylation sites is 2. The van der Waals surface area contributed by atoms with E-state index in [2.05, 4.69) is 15.3 Å². The van der Waals surface area contributed by atoms with E-state index >= 15 is 0 Å². The molecule has 1 aromatic carbocycles. The van der Waals surface area contributed by atoms with Crippen LogP contribution in [0.4, 0.5) is 5.69 Å². The molecule has 3 aromatic rings. The van der Waals surface area contributed by atoms with Crippen LogP contribution in [0.15, 0.2) is 61.2 Å². The summed E-state index contributed by atoms with van der Waals surface area (Å²) in [6, 6.07) is 12.9. The summed E-state index contributed by atoms with van der Waals surface area (Å²) in [5.41, 5.74) is 2.78. The molecule has 0 saturated heterocycles. The Labute approximate surface area is 122 Å². The molecule has 5 heteroatoms. The summed E-state index contributed by atoms with van der Waals surface area (Å²) in [5.74, 6) is -0.230. The minimum atomic E-state index is -0.230. The van der Waals surface area contributed by atoms with Crippen molar-refractivity contribution in [1.29, 1.82) is 0 Å². The lowest BCUT2D eigenvalue weighted by Gasteiger charge is -2.11. The first-order valence-corrected chi connectivity index (χ1v) is 6.56. The molecule has 104 valence electrons. The minimum absolute atomic E-state index is 0.230. The molecule has 0 radical (unpaired) electrons. The van der Waals surface area contributed by atoms with Crippen LogP contribution in [-0.2, 0) is 0 Å². The molecule has 0 fully saturated rings. The molecule has 2 heterocycles. The van der Waals surface area contributed by atoms with Crippen LogP contribution in [0.2, 0.25) is 0 Å². The van der Waals surface area contributed by atoms with E-state index in [1.165, 1.54) is 0 Å². The van der Waals surface area contributed by atoms with Gasteiger partial charge in [-0.3, -0.25) is 4.79 Å². The Morgan fingerprint density at radius 1 is 1.14 bits per heavy atom. The van der Waals surface area contributed by atoms with E-state index in [1.807, 2.05) is 54.1 Å². The lowest BCUT2D eigenvalue weighted by Crippen LogP contribution is -2.15. The van der Waals surface area contributed by atoms with Gasteiger partial charge in [0.1, 0.15) is 5.69 Å². The molecule has 0 bridgehead atoms. The topological polar surface area (TPSA) is 59.8 Å². The summed E-state index contributed by atoms with van der Waals surface area (Å²) in [5, 5.41) is 2.89. The molecule has 1 amide bonds. The fourth-order valence-corrected chi connectivity index (χ4v) is 2.06. The third-order valence-electron chi connectivity index (χ3n) is 3.06. The number of anilines is 1. The summed E-state index contributed by atoms with van der Waals surface area (Å²) in [4.78, 5) is 20.5. The Bertz CT molecular complexity index is 765. The number of pyridine rings is 1. The predicted molar refractivity (Wildman–Crippen MR) is 80.5 cm³/mol. The molecule has 0 atom stereocenters. The predicted octanol–water partition coefficient (Wildman–Crippen LogP) is 2.83. The Balaban J connectivity index is 1.90. The van der Waals surface area contributed by atoms with Crippen molar-refractivity contribution >= 4 is 11.6 Å². The van der Waals surface area contributed by atoms with Crippen LogP contribution in [0.25, 0.3) is 5.69 Å². The Hall–Kier alpha value is -2.95. The van der Waals surface area contributed by atoms with Gasteiger partial charge in [0.2, 0.25) is 0 Å². The Morgan fingerprint density at radius 2 is 2.00 bits per heavy atom. The van der Waals surface area contributed by atoms with Gasteiger partial charge < -0.3 is 9.88 Å². The third-order valence-corrected chi connectivity index (χ3v) is 3.06. The molecule has 21 heavy (non-hydrogen) atoms. The molecule has 0 spiro atoms. The first-order chi connectivity index (χ1) is 10.2. The zero-order chi connectivity index (χ0) is 14.7. The summed E-state index contributed by atoms with van der Waals surface area (Å²) in [6.07, 6.45) is 5.21. The maximum atomic E-state index is 12.3. The van der Waals surface area contributed by atoms with Crippen molar-refractivity contribution in [3.63, 3.8) is 0 Å². The van der Waals surface area contributed by atoms with Gasteiger partial charge >= 0.3 is 0 Å². The number of rotatable bonds is 3. The third kappa shape index (κ3) is 2.81. The molecule has 0 saturated carbocycles. The standard InChI is InChI=1S/C16H14N4O/c1-12-5-4-7-14(18-12)16(21)19-13-6-2-3-8-15(13)20-10-9-17-11-20/h2-11H,1H3,(H,19,21). The van der Waals surface area contributed by atoms with Crippen LogP contribution in [0, 0.1) is 6.92 Å². The Kier molecular flexibility index (Phi) is 3.47. The van der Waals surface area contributed by atoms with Gasteiger partial charge in [0.05, 0.1) is 17.7 Å². The highest BCUT2D eigenvalue weighted by atomic mass is 16.1. The maximum absolute atomic E-state index is 12.3. The highest BCUT2D eigenvalue weighted by molar-refractivity contribution is 6.03. The van der Waals surface area contributed by atoms with E-state index in [1.54, 1.807) is 18.6 Å². The number of amides is 1. The van der Waals surface area contributed by atoms with Crippen LogP contribution in [0.3, 0.4) is 0 Å². The second kappa shape index (κ2) is 5.58. The van der Waals surface area contributed by atoms with E-state index in [-0.39, 0.29) is 5.91 Å². The van der Waals surface area contributed by atoms with Crippen molar-refractivity contribution in [3.05, 3.63) is 72.6 Å². The number of aromatic nitrogens is 3. The molecule has 0 aliphatic carbocycles. The molecule has 3 rings (SSSR count). The molecular formula is C16H14N4O. The zero-order valence-corrected chi connectivity index (χ0v) is 11.5. The summed E-state index contributed by atoms with van der Waals surface area (Å²) in [6.45, 7) is 1.86. The summed E-state index contributed by atoms with van der Waals surface area (Å²) >= 11 is 0. The average molecular weight is 278 g/mol. The number of benzene rings is 1. The van der Waals surface area contributed by atoms with Crippen molar-refractivity contribution in [2.45, 2.75) is 6.92 Å². The molecule has 0 aliphatic rings. The molecule has 1 N–H and O–H groups in total. The van der Waals surface area contributed by atoms with E-state index < -0.39 is 0 Å². The fraction of sp³-hybridized carbons (Fsp3) is 0.0625. The lowest BCUT2D eigenvalue weighted by atomic mass is 10.2. The van der Waals surface area contributed by atoms with Gasteiger partial charge in [-0.15, -0.1) is 0 Å². The van der Waals surface area contributed by atoms with Crippen molar-refractivity contribution in [2.75, 3.05) is 5.32 Å². The second-order valence-electron chi connectivity index (χ2n) is 4.61. The SMILES string of the molecule is Cc1cccc(C(=O)Nc2ccccc2-n2ccnc2)n1. The van der Waals surface area contributed by atoms with Gasteiger partial charge in [-0.2, -0.15) is 0 Å². The second-order valence-corrected chi connectivity index (χ2v) is 4.61. The first-order valence-electron chi connectivity index (χ1n) is 6.56. The van der Waals surface area contributed by atoms with Crippen molar-refractivity contribution in [2.24, 2.45) is 0 Å². The van der Waals surface area contributed by atoms with E-state index in [0.29, 0.717) is 11.4 Å². The van der Waals surface area contributed by atoms with Crippen LogP contribution >= 0.6 is 0 Å². The summed E-state index contributed by atoms with van der Waals surface area (Å²) < 4.78 is 1.85. The number of nitrogens with zero attached hydrogens (tertiary/aromatic N) is 3. The van der Waals surface area contributed by atoms with Crippen molar-refractivity contribution in [3.8, 4) is 5.69 Å². The van der Waals surface area contributed by atoms with Crippen LogP contribution in [0.1, 0.15) is 16.2 Å². The highest BCUT2D eigenvalue weighted by Crippen LogP contribution is 2.20. The number of aryl methyl sites for hydroxylation is 1. The zero-order valence-electron chi connectivity index (χ0n) is 11.5. The van der Waals surface area contributed by atoms with E-state index in [4.69, 9.17) is 0 Å². The van der Waals surface area contributed by atoms with E-state index in [9.17, 15) is 4.79 Å². The largest absolute Gasteiger partial charge is 0.319 e. The molecular weight excluding hydrogens is 264 g/mol. The normalized spacial score (nSPS) is 10.3. The fourth-order valence-electron chi connectivity index (χ4n) is 2.06. The number of carbonyl (C=O) groups excluding carboxylic acids is 1. The van der Waals surface area contributed by atoms with Gasteiger partial charge in [0.15, 0.2) is 0 Å². The quantitative estimate of drug-likeness (QED) is 0.801. The number of nitrogens with one attached hydrogen (secondary N) is 1. The monoisotopic (exact) mass is 278 g/mol. The van der Waals surface area contributed by atoms with Gasteiger partial charge in [0.25, 0.3) is 5.91 Å². The Morgan fingerprint density at radius 3 is 2.76 bits per heavy atom. The van der Waals surface area contributed by atoms with Crippen LogP contribution in [-0.4, -0.2) is 20.4 Å². The molecule has 0 aliphatic heterocycles. The maximum Gasteiger partial charge on any atom is 0.274 e. The molecule has 2 aromatic heterocycles. The van der Waals surface area contributed by atoms with Gasteiger partial charge in [-0.05, 0) is 31.2 Å². The van der Waals surface area contributed by atoms with Gasteiger partial charge in [0, 0.05) is 18.1 Å². The molecule has 0 unspecified atom stereocenters. The summed E-state index contributed by atoms with van der Waals surface area (Å²) in [7, 11) is 0. The van der Waals surface area contributed by atoms with E-state index in [0.717, 1.165) is 11.4 Å². The van der Waals surface area contributed by atoms with Crippen molar-refractivity contribution in [1.82, 2.24) is 14.5 Å². The first kappa shape index (κ1) is 13.1. The average Bonchev–Trinajstić information content (AvgIpc) is 3.02. The van der Waals surface area contributed by atoms with Gasteiger partial charge in [-0.25, -0.2) is 9.97 Å². The highest BCUT2D eigenvalue weighted by Gasteiger charge is 2.10. The lowest BCUT2D eigenvalue weighted by molar-refractivity contribution is 0.102. The number of hydrogen-bond donors (Lipinski definition) is 1. The number of imidazole rings is 1. The molecule has 5 nitrogen and oxygen atoms in total. The van der Waals surface area contributed by atoms with Crippen LogP contribution in [0.5, 0.6) is 0 Å². The number of carbonyl (C=O) groups is 1. The minimum Gasteiger partial charge on any atom is -0.319 e.